The van der Waals surface area contributed by atoms with Gasteiger partial charge in [0.1, 0.15) is 4.90 Å². The summed E-state index contributed by atoms with van der Waals surface area (Å²) in [6, 6.07) is 1.58. The van der Waals surface area contributed by atoms with Crippen LogP contribution in [0.3, 0.4) is 0 Å². The van der Waals surface area contributed by atoms with Gasteiger partial charge in [0.05, 0.1) is 12.3 Å². The summed E-state index contributed by atoms with van der Waals surface area (Å²) in [5, 5.41) is 4.75. The van der Waals surface area contributed by atoms with Gasteiger partial charge < -0.3 is 4.74 Å². The standard InChI is InChI=1S/C12H16N4O3S/c1-16-12-9(6-14-16)5-11(8-13-12)20(17,18)15-7-10-3-2-4-19-10/h5-6,8,10,15H,2-4,7H2,1H3/t10-/m1/s1. The molecular formula is C12H16N4O3S. The lowest BCUT2D eigenvalue weighted by Gasteiger charge is -2.11. The molecule has 1 aliphatic rings. The molecule has 0 aliphatic carbocycles. The summed E-state index contributed by atoms with van der Waals surface area (Å²) >= 11 is 0. The van der Waals surface area contributed by atoms with Crippen LogP contribution in [0.25, 0.3) is 11.0 Å². The number of nitrogens with zero attached hydrogens (tertiary/aromatic N) is 3. The quantitative estimate of drug-likeness (QED) is 0.884. The van der Waals surface area contributed by atoms with E-state index in [1.165, 1.54) is 6.20 Å². The third-order valence-corrected chi connectivity index (χ3v) is 4.77. The molecule has 2 aromatic rings. The zero-order chi connectivity index (χ0) is 14.2. The van der Waals surface area contributed by atoms with Crippen LogP contribution < -0.4 is 4.72 Å². The Morgan fingerprint density at radius 2 is 2.35 bits per heavy atom. The second-order valence-corrected chi connectivity index (χ2v) is 6.61. The number of hydrogen-bond acceptors (Lipinski definition) is 5. The molecule has 3 rings (SSSR count). The van der Waals surface area contributed by atoms with Crippen molar-refractivity contribution in [3.8, 4) is 0 Å². The van der Waals surface area contributed by atoms with Crippen molar-refractivity contribution in [3.05, 3.63) is 18.5 Å². The molecule has 0 spiro atoms. The second kappa shape index (κ2) is 5.12. The molecule has 108 valence electrons. The molecule has 1 fully saturated rings. The average molecular weight is 296 g/mol. The number of aryl methyl sites for hydroxylation is 1. The summed E-state index contributed by atoms with van der Waals surface area (Å²) in [7, 11) is -1.80. The number of sulfonamides is 1. The zero-order valence-corrected chi connectivity index (χ0v) is 11.9. The van der Waals surface area contributed by atoms with Crippen molar-refractivity contribution in [2.24, 2.45) is 7.05 Å². The Balaban J connectivity index is 1.80. The highest BCUT2D eigenvalue weighted by molar-refractivity contribution is 7.89. The van der Waals surface area contributed by atoms with Gasteiger partial charge in [-0.1, -0.05) is 0 Å². The van der Waals surface area contributed by atoms with Gasteiger partial charge in [-0.3, -0.25) is 4.68 Å². The minimum absolute atomic E-state index is 0.0279. The smallest absolute Gasteiger partial charge is 0.242 e. The normalized spacial score (nSPS) is 19.8. The SMILES string of the molecule is Cn1ncc2cc(S(=O)(=O)NC[C@H]3CCCO3)cnc21. The van der Waals surface area contributed by atoms with Crippen molar-refractivity contribution in [2.45, 2.75) is 23.8 Å². The van der Waals surface area contributed by atoms with E-state index in [0.29, 0.717) is 24.2 Å². The van der Waals surface area contributed by atoms with Crippen LogP contribution in [0, 0.1) is 0 Å². The molecule has 0 saturated carbocycles. The summed E-state index contributed by atoms with van der Waals surface area (Å²) in [6.07, 6.45) is 4.79. The Bertz CT molecular complexity index is 719. The largest absolute Gasteiger partial charge is 0.377 e. The maximum absolute atomic E-state index is 12.2. The van der Waals surface area contributed by atoms with Crippen LogP contribution in [0.1, 0.15) is 12.8 Å². The van der Waals surface area contributed by atoms with Crippen LogP contribution in [-0.4, -0.2) is 42.4 Å². The molecule has 0 amide bonds. The van der Waals surface area contributed by atoms with Crippen molar-refractivity contribution in [1.29, 1.82) is 0 Å². The van der Waals surface area contributed by atoms with Crippen LogP contribution in [-0.2, 0) is 21.8 Å². The van der Waals surface area contributed by atoms with Crippen LogP contribution in [0.15, 0.2) is 23.4 Å². The van der Waals surface area contributed by atoms with Crippen molar-refractivity contribution >= 4 is 21.1 Å². The topological polar surface area (TPSA) is 86.1 Å². The van der Waals surface area contributed by atoms with E-state index in [4.69, 9.17) is 4.74 Å². The van der Waals surface area contributed by atoms with E-state index in [-0.39, 0.29) is 11.0 Å². The Morgan fingerprint density at radius 1 is 1.50 bits per heavy atom. The Kier molecular flexibility index (Phi) is 3.45. The Labute approximate surface area is 117 Å². The number of nitrogens with one attached hydrogen (secondary N) is 1. The Morgan fingerprint density at radius 3 is 3.10 bits per heavy atom. The highest BCUT2D eigenvalue weighted by Gasteiger charge is 2.21. The highest BCUT2D eigenvalue weighted by atomic mass is 32.2. The van der Waals surface area contributed by atoms with E-state index < -0.39 is 10.0 Å². The van der Waals surface area contributed by atoms with Gasteiger partial charge in [-0.15, -0.1) is 0 Å². The van der Waals surface area contributed by atoms with Crippen molar-refractivity contribution in [1.82, 2.24) is 19.5 Å². The van der Waals surface area contributed by atoms with E-state index >= 15 is 0 Å². The van der Waals surface area contributed by atoms with Gasteiger partial charge in [0.25, 0.3) is 0 Å². The first kappa shape index (κ1) is 13.5. The van der Waals surface area contributed by atoms with E-state index in [9.17, 15) is 8.42 Å². The number of fused-ring (bicyclic) bond motifs is 1. The molecule has 0 unspecified atom stereocenters. The number of hydrogen-bond donors (Lipinski definition) is 1. The first-order valence-electron chi connectivity index (χ1n) is 6.45. The summed E-state index contributed by atoms with van der Waals surface area (Å²) in [5.41, 5.74) is 0.656. The fourth-order valence-electron chi connectivity index (χ4n) is 2.26. The molecule has 7 nitrogen and oxygen atoms in total. The van der Waals surface area contributed by atoms with Crippen LogP contribution in [0.4, 0.5) is 0 Å². The molecule has 1 atom stereocenters. The lowest BCUT2D eigenvalue weighted by Crippen LogP contribution is -2.31. The summed E-state index contributed by atoms with van der Waals surface area (Å²) in [6.45, 7) is 1.00. The molecule has 0 bridgehead atoms. The number of rotatable bonds is 4. The van der Waals surface area contributed by atoms with Crippen LogP contribution in [0.2, 0.25) is 0 Å². The number of ether oxygens (including phenoxy) is 1. The summed E-state index contributed by atoms with van der Waals surface area (Å²) < 4.78 is 34.0. The fourth-order valence-corrected chi connectivity index (χ4v) is 3.31. The second-order valence-electron chi connectivity index (χ2n) is 4.84. The van der Waals surface area contributed by atoms with Gasteiger partial charge in [-0.25, -0.2) is 18.1 Å². The first-order valence-corrected chi connectivity index (χ1v) is 7.93. The summed E-state index contributed by atoms with van der Waals surface area (Å²) in [4.78, 5) is 4.29. The van der Waals surface area contributed by atoms with E-state index in [0.717, 1.165) is 12.8 Å². The average Bonchev–Trinajstić information content (AvgIpc) is 3.07. The maximum atomic E-state index is 12.2. The summed E-state index contributed by atoms with van der Waals surface area (Å²) in [5.74, 6) is 0. The van der Waals surface area contributed by atoms with Crippen molar-refractivity contribution in [3.63, 3.8) is 0 Å². The Hall–Kier alpha value is -1.51. The van der Waals surface area contributed by atoms with Crippen molar-refractivity contribution in [2.75, 3.05) is 13.2 Å². The van der Waals surface area contributed by atoms with Gasteiger partial charge in [-0.2, -0.15) is 5.10 Å². The predicted molar refractivity (Wildman–Crippen MR) is 72.7 cm³/mol. The number of aromatic nitrogens is 3. The third kappa shape index (κ3) is 2.54. The highest BCUT2D eigenvalue weighted by Crippen LogP contribution is 2.16. The maximum Gasteiger partial charge on any atom is 0.242 e. The first-order chi connectivity index (χ1) is 9.56. The van der Waals surface area contributed by atoms with Gasteiger partial charge in [0.15, 0.2) is 5.65 Å². The fraction of sp³-hybridized carbons (Fsp3) is 0.500. The van der Waals surface area contributed by atoms with Gasteiger partial charge >= 0.3 is 0 Å². The number of pyridine rings is 1. The van der Waals surface area contributed by atoms with Crippen LogP contribution >= 0.6 is 0 Å². The van der Waals surface area contributed by atoms with E-state index in [1.54, 1.807) is 24.0 Å². The van der Waals surface area contributed by atoms with Gasteiger partial charge in [-0.05, 0) is 18.9 Å². The van der Waals surface area contributed by atoms with Gasteiger partial charge in [0.2, 0.25) is 10.0 Å². The molecule has 0 radical (unpaired) electrons. The van der Waals surface area contributed by atoms with E-state index in [1.807, 2.05) is 0 Å². The lowest BCUT2D eigenvalue weighted by atomic mass is 10.2. The van der Waals surface area contributed by atoms with Crippen LogP contribution in [0.5, 0.6) is 0 Å². The molecule has 2 aromatic heterocycles. The van der Waals surface area contributed by atoms with E-state index in [2.05, 4.69) is 14.8 Å². The predicted octanol–water partition coefficient (Wildman–Crippen LogP) is 0.426. The molecule has 0 aromatic carbocycles. The minimum Gasteiger partial charge on any atom is -0.377 e. The minimum atomic E-state index is -3.56. The van der Waals surface area contributed by atoms with Gasteiger partial charge in [0, 0.05) is 31.8 Å². The van der Waals surface area contributed by atoms with Crippen molar-refractivity contribution < 1.29 is 13.2 Å². The zero-order valence-electron chi connectivity index (χ0n) is 11.1. The molecule has 1 N–H and O–H groups in total. The molecule has 1 aliphatic heterocycles. The monoisotopic (exact) mass is 296 g/mol. The molecular weight excluding hydrogens is 280 g/mol. The molecule has 3 heterocycles. The lowest BCUT2D eigenvalue weighted by molar-refractivity contribution is 0.114. The molecule has 8 heteroatoms. The molecule has 1 saturated heterocycles. The third-order valence-electron chi connectivity index (χ3n) is 3.38. The molecule has 20 heavy (non-hydrogen) atoms.